The minimum Gasteiger partial charge on any atom is -0.0623 e. The van der Waals surface area contributed by atoms with Crippen LogP contribution in [0.25, 0.3) is 11.1 Å². The van der Waals surface area contributed by atoms with Gasteiger partial charge in [0.05, 0.1) is 5.41 Å². The van der Waals surface area contributed by atoms with Crippen molar-refractivity contribution in [1.29, 1.82) is 0 Å². The van der Waals surface area contributed by atoms with Gasteiger partial charge in [-0.15, -0.1) is 0 Å². The van der Waals surface area contributed by atoms with Crippen LogP contribution in [0, 0.1) is 20.8 Å². The minimum absolute atomic E-state index is 0.151. The fourth-order valence-corrected chi connectivity index (χ4v) is 15.3. The molecule has 10 aromatic rings. The largest absolute Gasteiger partial charge is 0.179 e. The van der Waals surface area contributed by atoms with Crippen LogP contribution in [0.5, 0.6) is 0 Å². The first-order valence-electron chi connectivity index (χ1n) is 23.9. The van der Waals surface area contributed by atoms with Crippen LogP contribution < -0.4 is 20.7 Å². The maximum Gasteiger partial charge on any atom is 0.179 e. The van der Waals surface area contributed by atoms with E-state index in [2.05, 4.69) is 308 Å². The van der Waals surface area contributed by atoms with Crippen molar-refractivity contribution in [1.82, 2.24) is 0 Å². The second kappa shape index (κ2) is 20.1. The maximum atomic E-state index is 2.33. The molecule has 0 fully saturated rings. The van der Waals surface area contributed by atoms with E-state index in [1.165, 1.54) is 81.9 Å². The van der Waals surface area contributed by atoms with Crippen LogP contribution in [0.15, 0.2) is 273 Å². The SMILES string of the molecule is Cc1ccc(C(c2ccccc2)(c2ccccc2)c2ccccc2)cc1.Cc1ccc([Si](c2ccccc2)(c2ccccc2)c2ccccc2)cc1.Cc1ccc2c(c1)C(C)(C)c1ccccc1-2. The summed E-state index contributed by atoms with van der Waals surface area (Å²) in [4.78, 5) is 0. The van der Waals surface area contributed by atoms with Crippen molar-refractivity contribution < 1.29 is 0 Å². The molecule has 0 radical (unpaired) electrons. The van der Waals surface area contributed by atoms with E-state index in [-0.39, 0.29) is 10.8 Å². The highest BCUT2D eigenvalue weighted by Crippen LogP contribution is 2.49. The predicted molar refractivity (Wildman–Crippen MR) is 293 cm³/mol. The van der Waals surface area contributed by atoms with Crippen molar-refractivity contribution in [2.24, 2.45) is 0 Å². The Morgan fingerprint density at radius 3 is 1.01 bits per heavy atom. The summed E-state index contributed by atoms with van der Waals surface area (Å²) in [7, 11) is -2.32. The lowest BCUT2D eigenvalue weighted by atomic mass is 9.65. The molecular formula is C67H60Si. The number of fused-ring (bicyclic) bond motifs is 3. The molecule has 0 saturated carbocycles. The van der Waals surface area contributed by atoms with Crippen molar-refractivity contribution in [2.75, 3.05) is 0 Å². The monoisotopic (exact) mass is 892 g/mol. The van der Waals surface area contributed by atoms with E-state index < -0.39 is 8.07 Å². The lowest BCUT2D eigenvalue weighted by Crippen LogP contribution is -2.74. The van der Waals surface area contributed by atoms with Crippen molar-refractivity contribution in [3.05, 3.63) is 323 Å². The molecule has 10 aromatic carbocycles. The molecule has 1 heteroatoms. The molecule has 0 unspecified atom stereocenters. The lowest BCUT2D eigenvalue weighted by Gasteiger charge is -2.36. The molecule has 11 rings (SSSR count). The molecule has 1 aliphatic carbocycles. The number of benzene rings is 10. The Bertz CT molecular complexity index is 2800. The van der Waals surface area contributed by atoms with Gasteiger partial charge in [-0.05, 0) is 86.0 Å². The molecule has 0 N–H and O–H groups in total. The van der Waals surface area contributed by atoms with Crippen molar-refractivity contribution in [3.63, 3.8) is 0 Å². The first-order valence-corrected chi connectivity index (χ1v) is 25.9. The molecule has 0 aliphatic heterocycles. The topological polar surface area (TPSA) is 0 Å². The molecule has 0 heterocycles. The molecule has 0 spiro atoms. The number of rotatable bonds is 8. The van der Waals surface area contributed by atoms with Gasteiger partial charge in [-0.3, -0.25) is 0 Å². The molecule has 0 saturated heterocycles. The molecule has 0 aromatic heterocycles. The van der Waals surface area contributed by atoms with E-state index >= 15 is 0 Å². The van der Waals surface area contributed by atoms with E-state index in [1.807, 2.05) is 0 Å². The summed E-state index contributed by atoms with van der Waals surface area (Å²) >= 11 is 0. The van der Waals surface area contributed by atoms with E-state index in [4.69, 9.17) is 0 Å². The second-order valence-electron chi connectivity index (χ2n) is 18.6. The summed E-state index contributed by atoms with van der Waals surface area (Å²) in [6, 6.07) is 99.2. The average molecular weight is 893 g/mol. The molecule has 68 heavy (non-hydrogen) atoms. The Hall–Kier alpha value is -7.58. The zero-order valence-corrected chi connectivity index (χ0v) is 41.0. The molecule has 332 valence electrons. The number of hydrogen-bond donors (Lipinski definition) is 0. The summed E-state index contributed by atoms with van der Waals surface area (Å²) in [6.45, 7) is 11.1. The third-order valence-electron chi connectivity index (χ3n) is 13.9. The smallest absolute Gasteiger partial charge is 0.0623 e. The van der Waals surface area contributed by atoms with Crippen LogP contribution in [-0.4, -0.2) is 8.07 Å². The van der Waals surface area contributed by atoms with Crippen molar-refractivity contribution in [2.45, 2.75) is 45.4 Å². The third-order valence-corrected chi connectivity index (χ3v) is 18.7. The maximum absolute atomic E-state index is 2.33. The van der Waals surface area contributed by atoms with Gasteiger partial charge in [0.1, 0.15) is 0 Å². The van der Waals surface area contributed by atoms with Crippen LogP contribution in [-0.2, 0) is 10.8 Å². The Labute approximate surface area is 406 Å². The van der Waals surface area contributed by atoms with Gasteiger partial charge in [-0.1, -0.05) is 304 Å². The summed E-state index contributed by atoms with van der Waals surface area (Å²) in [5.74, 6) is 0. The van der Waals surface area contributed by atoms with Crippen LogP contribution in [0.1, 0.15) is 63.9 Å². The van der Waals surface area contributed by atoms with Crippen LogP contribution in [0.2, 0.25) is 0 Å². The van der Waals surface area contributed by atoms with Gasteiger partial charge in [0, 0.05) is 5.41 Å². The number of aryl methyl sites for hydroxylation is 3. The fourth-order valence-electron chi connectivity index (χ4n) is 10.6. The third kappa shape index (κ3) is 8.74. The molecule has 0 bridgehead atoms. The zero-order chi connectivity index (χ0) is 47.0. The molecule has 1 aliphatic rings. The Balaban J connectivity index is 0.000000131. The molecular weight excluding hydrogens is 833 g/mol. The van der Waals surface area contributed by atoms with Crippen LogP contribution in [0.4, 0.5) is 0 Å². The Kier molecular flexibility index (Phi) is 13.5. The zero-order valence-electron chi connectivity index (χ0n) is 40.0. The summed E-state index contributed by atoms with van der Waals surface area (Å²) in [5, 5.41) is 5.68. The van der Waals surface area contributed by atoms with Crippen molar-refractivity contribution in [3.8, 4) is 11.1 Å². The predicted octanol–water partition coefficient (Wildman–Crippen LogP) is 14.1. The summed E-state index contributed by atoms with van der Waals surface area (Å²) in [5.41, 5.74) is 14.6. The standard InChI is InChI=1S/C26H22.C25H22Si.C16H16/c2*1-21-17-19-25(20-18-21)26(22-11-5-2-6-12-22,23-13-7-3-8-14-23)24-15-9-4-10-16-24;1-11-8-9-13-12-6-4-5-7-14(12)16(2,3)15(13)10-11/h2*2-20H,1H3;4-10H,1-3H3. The number of hydrogen-bond acceptors (Lipinski definition) is 0. The van der Waals surface area contributed by atoms with Gasteiger partial charge < -0.3 is 0 Å². The molecule has 0 amide bonds. The van der Waals surface area contributed by atoms with Gasteiger partial charge in [0.25, 0.3) is 0 Å². The van der Waals surface area contributed by atoms with E-state index in [9.17, 15) is 0 Å². The van der Waals surface area contributed by atoms with Crippen molar-refractivity contribution >= 4 is 28.8 Å². The summed E-state index contributed by atoms with van der Waals surface area (Å²) in [6.07, 6.45) is 0. The highest BCUT2D eigenvalue weighted by Gasteiger charge is 2.41. The Morgan fingerprint density at radius 2 is 0.588 bits per heavy atom. The highest BCUT2D eigenvalue weighted by molar-refractivity contribution is 7.19. The van der Waals surface area contributed by atoms with Gasteiger partial charge >= 0.3 is 0 Å². The van der Waals surface area contributed by atoms with Gasteiger partial charge in [-0.2, -0.15) is 0 Å². The van der Waals surface area contributed by atoms with Crippen LogP contribution >= 0.6 is 0 Å². The fraction of sp³-hybridized carbons (Fsp3) is 0.104. The van der Waals surface area contributed by atoms with Crippen LogP contribution in [0.3, 0.4) is 0 Å². The van der Waals surface area contributed by atoms with E-state index in [0.717, 1.165) is 0 Å². The quantitative estimate of drug-likeness (QED) is 0.105. The Morgan fingerprint density at radius 1 is 0.279 bits per heavy atom. The first-order chi connectivity index (χ1) is 33.2. The lowest BCUT2D eigenvalue weighted by molar-refractivity contribution is 0.660. The minimum atomic E-state index is -2.32. The van der Waals surface area contributed by atoms with Gasteiger partial charge in [0.2, 0.25) is 0 Å². The average Bonchev–Trinajstić information content (AvgIpc) is 3.62. The normalized spacial score (nSPS) is 12.3. The van der Waals surface area contributed by atoms with Gasteiger partial charge in [-0.25, -0.2) is 0 Å². The first kappa shape index (κ1) is 45.6. The second-order valence-corrected chi connectivity index (χ2v) is 22.5. The van der Waals surface area contributed by atoms with Gasteiger partial charge in [0.15, 0.2) is 8.07 Å². The summed E-state index contributed by atoms with van der Waals surface area (Å²) < 4.78 is 0. The van der Waals surface area contributed by atoms with E-state index in [0.29, 0.717) is 0 Å². The van der Waals surface area contributed by atoms with E-state index in [1.54, 1.807) is 0 Å². The molecule has 0 nitrogen and oxygen atoms in total. The molecule has 0 atom stereocenters. The highest BCUT2D eigenvalue weighted by atomic mass is 28.3.